The van der Waals surface area contributed by atoms with Crippen LogP contribution in [0.5, 0.6) is 0 Å². The molecule has 1 saturated carbocycles. The number of nitrogens with zero attached hydrogens (tertiary/aromatic N) is 3. The van der Waals surface area contributed by atoms with E-state index in [9.17, 15) is 4.79 Å². The topological polar surface area (TPSA) is 85.8 Å². The minimum Gasteiger partial charge on any atom is -0.339 e. The predicted octanol–water partition coefficient (Wildman–Crippen LogP) is 2.26. The van der Waals surface area contributed by atoms with E-state index in [1.807, 2.05) is 47.3 Å². The van der Waals surface area contributed by atoms with Gasteiger partial charge in [-0.1, -0.05) is 35.5 Å². The van der Waals surface area contributed by atoms with Crippen LogP contribution in [0.25, 0.3) is 0 Å². The number of nitrogens with one attached hydrogen (secondary N) is 1. The summed E-state index contributed by atoms with van der Waals surface area (Å²) in [6.07, 6.45) is 3.62. The molecule has 4 rings (SSSR count). The predicted molar refractivity (Wildman–Crippen MR) is 91.5 cm³/mol. The number of thiophene rings is 1. The molecule has 1 fully saturated rings. The molecule has 0 bridgehead atoms. The van der Waals surface area contributed by atoms with Gasteiger partial charge in [0.1, 0.15) is 17.4 Å². The summed E-state index contributed by atoms with van der Waals surface area (Å²) in [5.41, 5.74) is 8.04. The van der Waals surface area contributed by atoms with Crippen molar-refractivity contribution < 1.29 is 4.79 Å². The van der Waals surface area contributed by atoms with Crippen molar-refractivity contribution in [2.24, 2.45) is 5.73 Å². The summed E-state index contributed by atoms with van der Waals surface area (Å²) in [6, 6.07) is 11.2. The SMILES string of the molecule is NC1(n2cc([C@@H](NC(=O)c3ccsc3)c3ccccc3)nn2)CC1. The van der Waals surface area contributed by atoms with E-state index < -0.39 is 5.66 Å². The summed E-state index contributed by atoms with van der Waals surface area (Å²) in [5, 5.41) is 15.2. The molecule has 24 heavy (non-hydrogen) atoms. The first-order chi connectivity index (χ1) is 11.7. The van der Waals surface area contributed by atoms with Gasteiger partial charge in [-0.15, -0.1) is 5.10 Å². The first kappa shape index (κ1) is 15.0. The van der Waals surface area contributed by atoms with Gasteiger partial charge in [0, 0.05) is 5.38 Å². The van der Waals surface area contributed by atoms with E-state index in [2.05, 4.69) is 15.6 Å². The average molecular weight is 339 g/mol. The lowest BCUT2D eigenvalue weighted by Gasteiger charge is -2.16. The molecule has 6 nitrogen and oxygen atoms in total. The van der Waals surface area contributed by atoms with Crippen LogP contribution in [0.2, 0.25) is 0 Å². The Bertz CT molecular complexity index is 839. The Kier molecular flexibility index (Phi) is 3.66. The highest BCUT2D eigenvalue weighted by molar-refractivity contribution is 7.08. The average Bonchev–Trinajstić information content (AvgIpc) is 3.04. The Labute approximate surface area is 143 Å². The number of amides is 1. The van der Waals surface area contributed by atoms with Gasteiger partial charge in [-0.3, -0.25) is 4.79 Å². The molecule has 0 radical (unpaired) electrons. The van der Waals surface area contributed by atoms with Crippen LogP contribution in [0, 0.1) is 0 Å². The lowest BCUT2D eigenvalue weighted by Crippen LogP contribution is -2.30. The van der Waals surface area contributed by atoms with Crippen LogP contribution in [0.15, 0.2) is 53.4 Å². The summed E-state index contributed by atoms with van der Waals surface area (Å²) in [5.74, 6) is -0.131. The summed E-state index contributed by atoms with van der Waals surface area (Å²) in [7, 11) is 0. The third-order valence-electron chi connectivity index (χ3n) is 4.22. The van der Waals surface area contributed by atoms with Gasteiger partial charge in [-0.05, 0) is 29.9 Å². The van der Waals surface area contributed by atoms with Gasteiger partial charge >= 0.3 is 0 Å². The van der Waals surface area contributed by atoms with Crippen LogP contribution in [-0.2, 0) is 5.66 Å². The maximum absolute atomic E-state index is 12.5. The van der Waals surface area contributed by atoms with Crippen LogP contribution in [0.3, 0.4) is 0 Å². The fourth-order valence-corrected chi connectivity index (χ4v) is 3.20. The zero-order valence-electron chi connectivity index (χ0n) is 12.9. The van der Waals surface area contributed by atoms with E-state index in [1.165, 1.54) is 11.3 Å². The van der Waals surface area contributed by atoms with E-state index in [0.29, 0.717) is 11.3 Å². The lowest BCUT2D eigenvalue weighted by molar-refractivity contribution is 0.0942. The van der Waals surface area contributed by atoms with Gasteiger partial charge in [-0.25, -0.2) is 4.68 Å². The zero-order chi connectivity index (χ0) is 16.6. The lowest BCUT2D eigenvalue weighted by atomic mass is 10.0. The number of nitrogens with two attached hydrogens (primary N) is 1. The quantitative estimate of drug-likeness (QED) is 0.746. The van der Waals surface area contributed by atoms with E-state index in [-0.39, 0.29) is 11.9 Å². The fourth-order valence-electron chi connectivity index (χ4n) is 2.57. The molecule has 2 aromatic heterocycles. The van der Waals surface area contributed by atoms with E-state index >= 15 is 0 Å². The number of aromatic nitrogens is 3. The molecule has 0 spiro atoms. The normalized spacial score (nSPS) is 16.5. The van der Waals surface area contributed by atoms with E-state index in [1.54, 1.807) is 10.7 Å². The highest BCUT2D eigenvalue weighted by atomic mass is 32.1. The van der Waals surface area contributed by atoms with Crippen molar-refractivity contribution in [3.63, 3.8) is 0 Å². The molecule has 1 amide bonds. The number of carbonyl (C=O) groups is 1. The molecular formula is C17H17N5OS. The second-order valence-corrected chi connectivity index (χ2v) is 6.80. The molecule has 2 heterocycles. The Morgan fingerprint density at radius 2 is 2.08 bits per heavy atom. The van der Waals surface area contributed by atoms with Crippen LogP contribution < -0.4 is 11.1 Å². The van der Waals surface area contributed by atoms with Gasteiger partial charge in [-0.2, -0.15) is 11.3 Å². The number of carbonyl (C=O) groups excluding carboxylic acids is 1. The monoisotopic (exact) mass is 339 g/mol. The highest BCUT2D eigenvalue weighted by Crippen LogP contribution is 2.37. The van der Waals surface area contributed by atoms with Crippen molar-refractivity contribution in [3.8, 4) is 0 Å². The first-order valence-corrected chi connectivity index (χ1v) is 8.70. The second-order valence-electron chi connectivity index (χ2n) is 6.02. The Morgan fingerprint density at radius 3 is 2.75 bits per heavy atom. The zero-order valence-corrected chi connectivity index (χ0v) is 13.7. The maximum atomic E-state index is 12.5. The molecule has 1 aliphatic rings. The van der Waals surface area contributed by atoms with Crippen molar-refractivity contribution in [3.05, 3.63) is 70.2 Å². The molecule has 0 aliphatic heterocycles. The van der Waals surface area contributed by atoms with Crippen LogP contribution in [-0.4, -0.2) is 20.9 Å². The van der Waals surface area contributed by atoms with Crippen molar-refractivity contribution in [1.29, 1.82) is 0 Å². The number of hydrogen-bond acceptors (Lipinski definition) is 5. The largest absolute Gasteiger partial charge is 0.339 e. The number of benzene rings is 1. The van der Waals surface area contributed by atoms with Gasteiger partial charge < -0.3 is 11.1 Å². The van der Waals surface area contributed by atoms with Crippen molar-refractivity contribution >= 4 is 17.2 Å². The van der Waals surface area contributed by atoms with Crippen molar-refractivity contribution in [2.45, 2.75) is 24.5 Å². The van der Waals surface area contributed by atoms with Crippen LogP contribution >= 0.6 is 11.3 Å². The van der Waals surface area contributed by atoms with E-state index in [0.717, 1.165) is 18.4 Å². The molecule has 122 valence electrons. The molecule has 0 saturated heterocycles. The number of hydrogen-bond donors (Lipinski definition) is 2. The molecule has 7 heteroatoms. The van der Waals surface area contributed by atoms with Gasteiger partial charge in [0.15, 0.2) is 0 Å². The van der Waals surface area contributed by atoms with Crippen LogP contribution in [0.1, 0.15) is 40.5 Å². The molecule has 1 atom stereocenters. The van der Waals surface area contributed by atoms with E-state index in [4.69, 9.17) is 5.73 Å². The van der Waals surface area contributed by atoms with Gasteiger partial charge in [0.05, 0.1) is 11.8 Å². The second kappa shape index (κ2) is 5.85. The van der Waals surface area contributed by atoms with Crippen LogP contribution in [0.4, 0.5) is 0 Å². The van der Waals surface area contributed by atoms with Gasteiger partial charge in [0.25, 0.3) is 5.91 Å². The maximum Gasteiger partial charge on any atom is 0.252 e. The minimum absolute atomic E-state index is 0.131. The Balaban J connectivity index is 1.65. The van der Waals surface area contributed by atoms with Crippen molar-refractivity contribution in [1.82, 2.24) is 20.3 Å². The Hall–Kier alpha value is -2.51. The third kappa shape index (κ3) is 2.83. The molecular weight excluding hydrogens is 322 g/mol. The fraction of sp³-hybridized carbons (Fsp3) is 0.235. The molecule has 1 aliphatic carbocycles. The molecule has 0 unspecified atom stereocenters. The summed E-state index contributed by atoms with van der Waals surface area (Å²) < 4.78 is 1.70. The van der Waals surface area contributed by atoms with Gasteiger partial charge in [0.2, 0.25) is 0 Å². The summed E-state index contributed by atoms with van der Waals surface area (Å²) in [4.78, 5) is 12.5. The summed E-state index contributed by atoms with van der Waals surface area (Å²) in [6.45, 7) is 0. The highest BCUT2D eigenvalue weighted by Gasteiger charge is 2.42. The first-order valence-electron chi connectivity index (χ1n) is 7.75. The molecule has 3 aromatic rings. The summed E-state index contributed by atoms with van der Waals surface area (Å²) >= 11 is 1.49. The Morgan fingerprint density at radius 1 is 1.29 bits per heavy atom. The smallest absolute Gasteiger partial charge is 0.252 e. The number of rotatable bonds is 5. The third-order valence-corrected chi connectivity index (χ3v) is 4.90. The standard InChI is InChI=1S/C17H17N5OS/c18-17(7-8-17)22-10-14(20-21-22)15(12-4-2-1-3-5-12)19-16(23)13-6-9-24-11-13/h1-6,9-11,15H,7-8,18H2,(H,19,23)/t15-/m0/s1. The molecule has 3 N–H and O–H groups in total. The molecule has 1 aromatic carbocycles. The minimum atomic E-state index is -0.413. The van der Waals surface area contributed by atoms with Crippen molar-refractivity contribution in [2.75, 3.05) is 0 Å².